The Morgan fingerprint density at radius 2 is 2.31 bits per heavy atom. The summed E-state index contributed by atoms with van der Waals surface area (Å²) in [5, 5.41) is 9.44. The highest BCUT2D eigenvalue weighted by Crippen LogP contribution is 2.41. The smallest absolute Gasteiger partial charge is 0.0545 e. The Kier molecular flexibility index (Phi) is 4.20. The van der Waals surface area contributed by atoms with E-state index < -0.39 is 0 Å². The SMILES string of the molecule is CCOCCCC1(C)CCC(O)C1. The minimum absolute atomic E-state index is 0.0444. The predicted octanol–water partition coefficient (Wildman–Crippen LogP) is 2.35. The molecule has 2 atom stereocenters. The Morgan fingerprint density at radius 3 is 2.85 bits per heavy atom. The van der Waals surface area contributed by atoms with E-state index in [1.165, 1.54) is 12.8 Å². The second kappa shape index (κ2) is 4.97. The highest BCUT2D eigenvalue weighted by atomic mass is 16.5. The maximum Gasteiger partial charge on any atom is 0.0545 e. The molecule has 0 heterocycles. The zero-order valence-electron chi connectivity index (χ0n) is 8.88. The van der Waals surface area contributed by atoms with Gasteiger partial charge in [-0.25, -0.2) is 0 Å². The van der Waals surface area contributed by atoms with Crippen molar-refractivity contribution in [2.45, 2.75) is 52.1 Å². The number of ether oxygens (including phenoxy) is 1. The zero-order valence-corrected chi connectivity index (χ0v) is 8.88. The van der Waals surface area contributed by atoms with E-state index in [0.29, 0.717) is 5.41 Å². The van der Waals surface area contributed by atoms with Crippen LogP contribution in [0.3, 0.4) is 0 Å². The van der Waals surface area contributed by atoms with E-state index in [-0.39, 0.29) is 6.10 Å². The van der Waals surface area contributed by atoms with Crippen LogP contribution >= 0.6 is 0 Å². The van der Waals surface area contributed by atoms with Gasteiger partial charge >= 0.3 is 0 Å². The van der Waals surface area contributed by atoms with Crippen LogP contribution in [0, 0.1) is 5.41 Å². The van der Waals surface area contributed by atoms with Crippen LogP contribution in [0.5, 0.6) is 0 Å². The maximum absolute atomic E-state index is 9.44. The Balaban J connectivity index is 2.12. The van der Waals surface area contributed by atoms with Gasteiger partial charge in [0.05, 0.1) is 6.10 Å². The van der Waals surface area contributed by atoms with Crippen molar-refractivity contribution in [3.63, 3.8) is 0 Å². The highest BCUT2D eigenvalue weighted by molar-refractivity contribution is 4.85. The van der Waals surface area contributed by atoms with E-state index in [0.717, 1.165) is 32.5 Å². The Hall–Kier alpha value is -0.0800. The van der Waals surface area contributed by atoms with E-state index in [9.17, 15) is 5.11 Å². The van der Waals surface area contributed by atoms with Crippen molar-refractivity contribution in [2.75, 3.05) is 13.2 Å². The lowest BCUT2D eigenvalue weighted by Gasteiger charge is -2.23. The summed E-state index contributed by atoms with van der Waals surface area (Å²) >= 11 is 0. The molecule has 1 N–H and O–H groups in total. The fourth-order valence-corrected chi connectivity index (χ4v) is 2.26. The van der Waals surface area contributed by atoms with Gasteiger partial charge in [0.25, 0.3) is 0 Å². The predicted molar refractivity (Wildman–Crippen MR) is 53.7 cm³/mol. The molecule has 1 rings (SSSR count). The van der Waals surface area contributed by atoms with Crippen molar-refractivity contribution in [2.24, 2.45) is 5.41 Å². The van der Waals surface area contributed by atoms with Crippen LogP contribution in [0.1, 0.15) is 46.0 Å². The molecule has 0 aliphatic heterocycles. The molecule has 0 amide bonds. The average molecular weight is 186 g/mol. The fourth-order valence-electron chi connectivity index (χ4n) is 2.26. The minimum Gasteiger partial charge on any atom is -0.393 e. The molecule has 2 nitrogen and oxygen atoms in total. The van der Waals surface area contributed by atoms with Crippen molar-refractivity contribution in [3.05, 3.63) is 0 Å². The van der Waals surface area contributed by atoms with Crippen LogP contribution in [0.25, 0.3) is 0 Å². The van der Waals surface area contributed by atoms with E-state index in [2.05, 4.69) is 6.92 Å². The number of hydrogen-bond donors (Lipinski definition) is 1. The molecule has 1 saturated carbocycles. The van der Waals surface area contributed by atoms with Crippen LogP contribution in [-0.4, -0.2) is 24.4 Å². The van der Waals surface area contributed by atoms with Gasteiger partial charge in [-0.3, -0.25) is 0 Å². The molecule has 1 fully saturated rings. The van der Waals surface area contributed by atoms with Gasteiger partial charge in [-0.1, -0.05) is 6.92 Å². The van der Waals surface area contributed by atoms with Crippen molar-refractivity contribution in [1.29, 1.82) is 0 Å². The summed E-state index contributed by atoms with van der Waals surface area (Å²) in [6.07, 6.45) is 5.45. The molecular formula is C11H22O2. The Morgan fingerprint density at radius 1 is 1.54 bits per heavy atom. The first-order chi connectivity index (χ1) is 6.16. The first-order valence-electron chi connectivity index (χ1n) is 5.42. The highest BCUT2D eigenvalue weighted by Gasteiger charge is 2.33. The van der Waals surface area contributed by atoms with Crippen molar-refractivity contribution >= 4 is 0 Å². The molecule has 0 aromatic heterocycles. The quantitative estimate of drug-likeness (QED) is 0.668. The normalized spacial score (nSPS) is 33.9. The largest absolute Gasteiger partial charge is 0.393 e. The Bertz CT molecular complexity index is 147. The maximum atomic E-state index is 9.44. The van der Waals surface area contributed by atoms with Crippen molar-refractivity contribution in [3.8, 4) is 0 Å². The van der Waals surface area contributed by atoms with Crippen LogP contribution < -0.4 is 0 Å². The molecular weight excluding hydrogens is 164 g/mol. The molecule has 0 radical (unpaired) electrons. The van der Waals surface area contributed by atoms with Gasteiger partial charge in [0, 0.05) is 13.2 Å². The molecule has 0 saturated heterocycles. The molecule has 1 aliphatic rings. The van der Waals surface area contributed by atoms with E-state index in [1.807, 2.05) is 6.92 Å². The number of hydrogen-bond acceptors (Lipinski definition) is 2. The Labute approximate surface area is 81.3 Å². The molecule has 0 spiro atoms. The monoisotopic (exact) mass is 186 g/mol. The summed E-state index contributed by atoms with van der Waals surface area (Å²) in [7, 11) is 0. The summed E-state index contributed by atoms with van der Waals surface area (Å²) in [4.78, 5) is 0. The van der Waals surface area contributed by atoms with Gasteiger partial charge in [0.2, 0.25) is 0 Å². The van der Waals surface area contributed by atoms with Gasteiger partial charge in [-0.05, 0) is 44.4 Å². The second-order valence-corrected chi connectivity index (χ2v) is 4.51. The molecule has 2 unspecified atom stereocenters. The second-order valence-electron chi connectivity index (χ2n) is 4.51. The molecule has 78 valence electrons. The summed E-state index contributed by atoms with van der Waals surface area (Å²) in [6.45, 7) is 6.01. The molecule has 0 aromatic rings. The standard InChI is InChI=1S/C11H22O2/c1-3-13-8-4-6-11(2)7-5-10(12)9-11/h10,12H,3-9H2,1-2H3. The first kappa shape index (κ1) is 11.0. The van der Waals surface area contributed by atoms with Gasteiger partial charge in [0.1, 0.15) is 0 Å². The van der Waals surface area contributed by atoms with E-state index >= 15 is 0 Å². The lowest BCUT2D eigenvalue weighted by molar-refractivity contribution is 0.123. The van der Waals surface area contributed by atoms with Crippen LogP contribution in [0.15, 0.2) is 0 Å². The van der Waals surface area contributed by atoms with Crippen molar-refractivity contribution in [1.82, 2.24) is 0 Å². The topological polar surface area (TPSA) is 29.5 Å². The lowest BCUT2D eigenvalue weighted by Crippen LogP contribution is -2.14. The van der Waals surface area contributed by atoms with E-state index in [4.69, 9.17) is 4.74 Å². The van der Waals surface area contributed by atoms with Crippen LogP contribution in [0.2, 0.25) is 0 Å². The fraction of sp³-hybridized carbons (Fsp3) is 1.00. The van der Waals surface area contributed by atoms with Crippen LogP contribution in [-0.2, 0) is 4.74 Å². The average Bonchev–Trinajstić information content (AvgIpc) is 2.41. The number of aliphatic hydroxyl groups excluding tert-OH is 1. The number of aliphatic hydroxyl groups is 1. The van der Waals surface area contributed by atoms with Gasteiger partial charge in [-0.15, -0.1) is 0 Å². The molecule has 2 heteroatoms. The summed E-state index contributed by atoms with van der Waals surface area (Å²) in [5.41, 5.74) is 0.385. The zero-order chi connectivity index (χ0) is 9.73. The third-order valence-electron chi connectivity index (χ3n) is 3.08. The number of rotatable bonds is 5. The third kappa shape index (κ3) is 3.65. The molecule has 13 heavy (non-hydrogen) atoms. The molecule has 1 aliphatic carbocycles. The summed E-state index contributed by atoms with van der Waals surface area (Å²) in [6, 6.07) is 0. The van der Waals surface area contributed by atoms with Crippen molar-refractivity contribution < 1.29 is 9.84 Å². The minimum atomic E-state index is -0.0444. The van der Waals surface area contributed by atoms with Crippen LogP contribution in [0.4, 0.5) is 0 Å². The summed E-state index contributed by atoms with van der Waals surface area (Å²) < 4.78 is 5.30. The third-order valence-corrected chi connectivity index (χ3v) is 3.08. The first-order valence-corrected chi connectivity index (χ1v) is 5.42. The molecule has 0 bridgehead atoms. The van der Waals surface area contributed by atoms with Gasteiger partial charge < -0.3 is 9.84 Å². The summed E-state index contributed by atoms with van der Waals surface area (Å²) in [5.74, 6) is 0. The van der Waals surface area contributed by atoms with Gasteiger partial charge in [-0.2, -0.15) is 0 Å². The van der Waals surface area contributed by atoms with Gasteiger partial charge in [0.15, 0.2) is 0 Å². The lowest BCUT2D eigenvalue weighted by atomic mass is 9.84. The molecule has 0 aromatic carbocycles. The van der Waals surface area contributed by atoms with E-state index in [1.54, 1.807) is 0 Å².